The third-order valence-electron chi connectivity index (χ3n) is 2.73. The number of nitrogens with zero attached hydrogens (tertiary/aromatic N) is 2. The second-order valence-corrected chi connectivity index (χ2v) is 3.82. The van der Waals surface area contributed by atoms with Crippen molar-refractivity contribution in [3.8, 4) is 0 Å². The van der Waals surface area contributed by atoms with Crippen LogP contribution in [-0.2, 0) is 9.53 Å². The number of hydrogen-bond acceptors (Lipinski definition) is 3. The minimum atomic E-state index is -0.994. The molecule has 2 amide bonds. The van der Waals surface area contributed by atoms with Crippen molar-refractivity contribution in [1.82, 2.24) is 9.80 Å². The van der Waals surface area contributed by atoms with Crippen molar-refractivity contribution in [2.24, 2.45) is 0 Å². The normalized spacial score (nSPS) is 19.5. The highest BCUT2D eigenvalue weighted by atomic mass is 16.5. The van der Waals surface area contributed by atoms with Crippen LogP contribution in [0.5, 0.6) is 0 Å². The molecular weight excluding hydrogens is 212 g/mol. The first-order valence-corrected chi connectivity index (χ1v) is 5.37. The monoisotopic (exact) mass is 230 g/mol. The average Bonchev–Trinajstić information content (AvgIpc) is 2.76. The van der Waals surface area contributed by atoms with Crippen molar-refractivity contribution in [3.63, 3.8) is 0 Å². The molecule has 0 aromatic rings. The van der Waals surface area contributed by atoms with Gasteiger partial charge in [0.1, 0.15) is 6.54 Å². The van der Waals surface area contributed by atoms with Crippen LogP contribution in [0.25, 0.3) is 0 Å². The molecular formula is C10H18N2O4. The number of ether oxygens (including phenoxy) is 1. The van der Waals surface area contributed by atoms with Crippen LogP contribution in [-0.4, -0.2) is 66.3 Å². The van der Waals surface area contributed by atoms with Crippen LogP contribution in [0.15, 0.2) is 0 Å². The molecule has 1 aliphatic rings. The Morgan fingerprint density at radius 3 is 2.62 bits per heavy atom. The van der Waals surface area contributed by atoms with Crippen LogP contribution in [0.3, 0.4) is 0 Å². The Labute approximate surface area is 94.8 Å². The van der Waals surface area contributed by atoms with Gasteiger partial charge in [-0.1, -0.05) is 0 Å². The zero-order chi connectivity index (χ0) is 12.1. The number of hydrogen-bond donors (Lipinski definition) is 1. The van der Waals surface area contributed by atoms with Gasteiger partial charge in [0, 0.05) is 20.2 Å². The summed E-state index contributed by atoms with van der Waals surface area (Å²) in [5.41, 5.74) is 0. The Bertz CT molecular complexity index is 264. The van der Waals surface area contributed by atoms with E-state index in [9.17, 15) is 9.59 Å². The molecule has 16 heavy (non-hydrogen) atoms. The number of aliphatic carboxylic acids is 1. The molecule has 0 bridgehead atoms. The zero-order valence-electron chi connectivity index (χ0n) is 9.68. The Morgan fingerprint density at radius 1 is 1.50 bits per heavy atom. The van der Waals surface area contributed by atoms with E-state index in [0.717, 1.165) is 6.42 Å². The molecule has 1 unspecified atom stereocenters. The summed E-state index contributed by atoms with van der Waals surface area (Å²) in [4.78, 5) is 25.4. The summed E-state index contributed by atoms with van der Waals surface area (Å²) in [6.45, 7) is 3.09. The highest BCUT2D eigenvalue weighted by Crippen LogP contribution is 2.12. The molecule has 0 aromatic heterocycles. The molecule has 6 heteroatoms. The molecule has 1 atom stereocenters. The molecule has 0 spiro atoms. The first-order chi connectivity index (χ1) is 7.56. The third-order valence-corrected chi connectivity index (χ3v) is 2.73. The molecule has 1 saturated heterocycles. The zero-order valence-corrected chi connectivity index (χ0v) is 9.68. The van der Waals surface area contributed by atoms with Gasteiger partial charge in [0.15, 0.2) is 0 Å². The predicted molar refractivity (Wildman–Crippen MR) is 57.3 cm³/mol. The summed E-state index contributed by atoms with van der Waals surface area (Å²) in [6.07, 6.45) is 0.812. The van der Waals surface area contributed by atoms with Crippen LogP contribution < -0.4 is 0 Å². The van der Waals surface area contributed by atoms with Crippen molar-refractivity contribution in [2.45, 2.75) is 19.4 Å². The van der Waals surface area contributed by atoms with Crippen LogP contribution in [0, 0.1) is 0 Å². The van der Waals surface area contributed by atoms with Gasteiger partial charge in [0.05, 0.1) is 12.6 Å². The molecule has 1 rings (SSSR count). The Hall–Kier alpha value is -1.30. The van der Waals surface area contributed by atoms with Gasteiger partial charge >= 0.3 is 12.0 Å². The third kappa shape index (κ3) is 3.10. The van der Waals surface area contributed by atoms with Gasteiger partial charge in [0.2, 0.25) is 0 Å². The van der Waals surface area contributed by atoms with Gasteiger partial charge in [0.25, 0.3) is 0 Å². The van der Waals surface area contributed by atoms with Crippen molar-refractivity contribution in [1.29, 1.82) is 0 Å². The van der Waals surface area contributed by atoms with Crippen LogP contribution in [0.1, 0.15) is 13.3 Å². The Balaban J connectivity index is 2.55. The van der Waals surface area contributed by atoms with Crippen LogP contribution in [0.4, 0.5) is 4.79 Å². The lowest BCUT2D eigenvalue weighted by Crippen LogP contribution is -2.47. The summed E-state index contributed by atoms with van der Waals surface area (Å²) in [6, 6.07) is -0.184. The number of urea groups is 1. The molecule has 1 aliphatic heterocycles. The number of carbonyl (C=O) groups is 2. The second-order valence-electron chi connectivity index (χ2n) is 3.82. The van der Waals surface area contributed by atoms with Gasteiger partial charge in [-0.2, -0.15) is 0 Å². The Morgan fingerprint density at radius 2 is 2.19 bits per heavy atom. The van der Waals surface area contributed by atoms with Gasteiger partial charge < -0.3 is 19.6 Å². The van der Waals surface area contributed by atoms with Crippen LogP contribution >= 0.6 is 0 Å². The molecule has 92 valence electrons. The number of amides is 2. The lowest BCUT2D eigenvalue weighted by Gasteiger charge is -2.29. The number of likely N-dealkylation sites (N-methyl/N-ethyl adjacent to an activating group) is 2. The maximum absolute atomic E-state index is 11.9. The minimum Gasteiger partial charge on any atom is -0.480 e. The fourth-order valence-electron chi connectivity index (χ4n) is 1.68. The summed E-state index contributed by atoms with van der Waals surface area (Å²) >= 11 is 0. The van der Waals surface area contributed by atoms with E-state index in [1.54, 1.807) is 18.9 Å². The summed E-state index contributed by atoms with van der Waals surface area (Å²) in [7, 11) is 1.69. The molecule has 6 nitrogen and oxygen atoms in total. The molecule has 0 saturated carbocycles. The van der Waals surface area contributed by atoms with Gasteiger partial charge in [-0.15, -0.1) is 0 Å². The maximum Gasteiger partial charge on any atom is 0.323 e. The molecule has 0 aromatic carbocycles. The van der Waals surface area contributed by atoms with Crippen molar-refractivity contribution >= 4 is 12.0 Å². The summed E-state index contributed by atoms with van der Waals surface area (Å²) in [5.74, 6) is -0.994. The first kappa shape index (κ1) is 12.8. The topological polar surface area (TPSA) is 70.1 Å². The van der Waals surface area contributed by atoms with Gasteiger partial charge in [-0.25, -0.2) is 4.79 Å². The molecule has 1 fully saturated rings. The lowest BCUT2D eigenvalue weighted by molar-refractivity contribution is -0.137. The van der Waals surface area contributed by atoms with E-state index in [1.165, 1.54) is 4.90 Å². The van der Waals surface area contributed by atoms with Crippen LogP contribution in [0.2, 0.25) is 0 Å². The van der Waals surface area contributed by atoms with E-state index in [2.05, 4.69) is 0 Å². The average molecular weight is 230 g/mol. The molecule has 1 heterocycles. The van der Waals surface area contributed by atoms with Crippen molar-refractivity contribution < 1.29 is 19.4 Å². The van der Waals surface area contributed by atoms with Crippen molar-refractivity contribution in [3.05, 3.63) is 0 Å². The van der Waals surface area contributed by atoms with E-state index in [1.807, 2.05) is 0 Å². The number of carboxylic acids is 1. The van der Waals surface area contributed by atoms with E-state index < -0.39 is 5.97 Å². The largest absolute Gasteiger partial charge is 0.480 e. The van der Waals surface area contributed by atoms with E-state index >= 15 is 0 Å². The first-order valence-electron chi connectivity index (χ1n) is 5.37. The molecule has 0 radical (unpaired) electrons. The number of carbonyl (C=O) groups excluding carboxylic acids is 1. The number of carboxylic acid groups (broad SMARTS) is 1. The molecule has 0 aliphatic carbocycles. The Kier molecular flexibility index (Phi) is 4.54. The summed E-state index contributed by atoms with van der Waals surface area (Å²) < 4.78 is 5.19. The van der Waals surface area contributed by atoms with E-state index in [0.29, 0.717) is 19.8 Å². The van der Waals surface area contributed by atoms with Gasteiger partial charge in [-0.05, 0) is 13.3 Å². The SMILES string of the molecule is CCN(CC(=O)O)C(=O)N(C)C1CCOC1. The minimum absolute atomic E-state index is 0.0651. The lowest BCUT2D eigenvalue weighted by atomic mass is 10.2. The second kappa shape index (κ2) is 5.69. The maximum atomic E-state index is 11.9. The van der Waals surface area contributed by atoms with Crippen molar-refractivity contribution in [2.75, 3.05) is 33.4 Å². The summed E-state index contributed by atoms with van der Waals surface area (Å²) in [5, 5.41) is 8.67. The smallest absolute Gasteiger partial charge is 0.323 e. The fraction of sp³-hybridized carbons (Fsp3) is 0.800. The highest BCUT2D eigenvalue weighted by molar-refractivity contribution is 5.80. The standard InChI is InChI=1S/C10H18N2O4/c1-3-12(6-9(13)14)10(15)11(2)8-4-5-16-7-8/h8H,3-7H2,1-2H3,(H,13,14). The highest BCUT2D eigenvalue weighted by Gasteiger charge is 2.27. The number of rotatable bonds is 4. The van der Waals surface area contributed by atoms with E-state index in [4.69, 9.17) is 9.84 Å². The fourth-order valence-corrected chi connectivity index (χ4v) is 1.68. The molecule has 1 N–H and O–H groups in total. The van der Waals surface area contributed by atoms with E-state index in [-0.39, 0.29) is 18.6 Å². The van der Waals surface area contributed by atoms with Gasteiger partial charge in [-0.3, -0.25) is 4.79 Å². The predicted octanol–water partition coefficient (Wildman–Crippen LogP) is 0.234. The quantitative estimate of drug-likeness (QED) is 0.750.